The highest BCUT2D eigenvalue weighted by Gasteiger charge is 2.26. The van der Waals surface area contributed by atoms with Crippen LogP contribution < -0.4 is 5.73 Å². The molecule has 7 nitrogen and oxygen atoms in total. The van der Waals surface area contributed by atoms with Crippen molar-refractivity contribution >= 4 is 44.9 Å². The van der Waals surface area contributed by atoms with E-state index < -0.39 is 21.5 Å². The van der Waals surface area contributed by atoms with E-state index in [4.69, 9.17) is 10.5 Å². The molecule has 0 aliphatic rings. The molecule has 2 N–H and O–H groups in total. The number of hydrogen-bond donors (Lipinski definition) is 1. The molecule has 0 fully saturated rings. The van der Waals surface area contributed by atoms with Gasteiger partial charge in [-0.15, -0.1) is 23.1 Å². The average Bonchev–Trinajstić information content (AvgIpc) is 3.18. The number of pyridine rings is 1. The molecule has 0 spiro atoms. The largest absolute Gasteiger partial charge is 0.442 e. The Balaban J connectivity index is 2.01. The van der Waals surface area contributed by atoms with Crippen molar-refractivity contribution in [3.8, 4) is 11.1 Å². The van der Waals surface area contributed by atoms with Crippen molar-refractivity contribution in [2.75, 3.05) is 6.26 Å². The maximum absolute atomic E-state index is 13.5. The van der Waals surface area contributed by atoms with Gasteiger partial charge in [0.25, 0.3) is 0 Å². The lowest BCUT2D eigenvalue weighted by Crippen LogP contribution is -2.24. The van der Waals surface area contributed by atoms with Crippen LogP contribution in [0.25, 0.3) is 11.1 Å². The first-order valence-corrected chi connectivity index (χ1v) is 13.5. The fraction of sp³-hybridized carbons (Fsp3) is 0.261. The van der Waals surface area contributed by atoms with Gasteiger partial charge in [0, 0.05) is 18.0 Å². The number of amidine groups is 1. The van der Waals surface area contributed by atoms with Crippen LogP contribution in [0.3, 0.4) is 0 Å². The van der Waals surface area contributed by atoms with Crippen LogP contribution in [0.5, 0.6) is 0 Å². The van der Waals surface area contributed by atoms with E-state index >= 15 is 0 Å². The van der Waals surface area contributed by atoms with Gasteiger partial charge in [0.05, 0.1) is 18.9 Å². The Bertz CT molecular complexity index is 1320. The van der Waals surface area contributed by atoms with Crippen LogP contribution in [0.1, 0.15) is 31.2 Å². The normalized spacial score (nSPS) is 12.6. The van der Waals surface area contributed by atoms with Gasteiger partial charge in [0.1, 0.15) is 11.4 Å². The molecule has 3 aromatic rings. The van der Waals surface area contributed by atoms with Crippen molar-refractivity contribution in [3.05, 3.63) is 59.2 Å². The summed E-state index contributed by atoms with van der Waals surface area (Å²) in [5, 5.41) is 0. The third-order valence-corrected chi connectivity index (χ3v) is 8.77. The van der Waals surface area contributed by atoms with E-state index in [0.717, 1.165) is 22.5 Å². The molecule has 10 heteroatoms. The molecule has 0 saturated carbocycles. The first-order valence-electron chi connectivity index (χ1n) is 9.94. The number of thioether (sulfide) groups is 1. The summed E-state index contributed by atoms with van der Waals surface area (Å²) in [4.78, 5) is 20.5. The summed E-state index contributed by atoms with van der Waals surface area (Å²) in [6, 6.07) is 10.8. The number of nitrogens with two attached hydrogens (primary N) is 1. The van der Waals surface area contributed by atoms with E-state index in [-0.39, 0.29) is 15.6 Å². The summed E-state index contributed by atoms with van der Waals surface area (Å²) >= 11 is 2.43. The summed E-state index contributed by atoms with van der Waals surface area (Å²) in [5.74, 6) is -0.0993. The van der Waals surface area contributed by atoms with Crippen LogP contribution in [-0.4, -0.2) is 37.2 Å². The molecular formula is C23H25N3O4S3. The Morgan fingerprint density at radius 3 is 2.52 bits per heavy atom. The SMILES string of the molecule is CSc1sc(C(N)=NC(=O)OC(C)(C)C)cc1S(=O)(=O)c1cncc(-c2ccccc2C)c1. The number of thiophene rings is 1. The molecule has 1 aromatic carbocycles. The van der Waals surface area contributed by atoms with Gasteiger partial charge in [-0.05, 0) is 57.2 Å². The molecule has 0 aliphatic carbocycles. The maximum atomic E-state index is 13.5. The number of sulfone groups is 1. The predicted molar refractivity (Wildman–Crippen MR) is 133 cm³/mol. The van der Waals surface area contributed by atoms with Crippen molar-refractivity contribution in [2.24, 2.45) is 10.7 Å². The number of carbonyl (C=O) groups excluding carboxylic acids is 1. The van der Waals surface area contributed by atoms with Crippen LogP contribution in [0, 0.1) is 6.92 Å². The van der Waals surface area contributed by atoms with E-state index in [0.29, 0.717) is 14.6 Å². The molecule has 174 valence electrons. The third kappa shape index (κ3) is 5.82. The molecular weight excluding hydrogens is 478 g/mol. The summed E-state index contributed by atoms with van der Waals surface area (Å²) < 4.78 is 32.7. The van der Waals surface area contributed by atoms with E-state index in [9.17, 15) is 13.2 Å². The Morgan fingerprint density at radius 2 is 1.88 bits per heavy atom. The molecule has 2 heterocycles. The van der Waals surface area contributed by atoms with Crippen LogP contribution in [-0.2, 0) is 14.6 Å². The molecule has 0 bridgehead atoms. The first-order chi connectivity index (χ1) is 15.4. The van der Waals surface area contributed by atoms with E-state index in [1.807, 2.05) is 31.2 Å². The van der Waals surface area contributed by atoms with Crippen LogP contribution >= 0.6 is 23.1 Å². The van der Waals surface area contributed by atoms with Gasteiger partial charge in [-0.25, -0.2) is 13.2 Å². The molecule has 0 aliphatic heterocycles. The standard InChI is InChI=1S/C23H25N3O4S3/c1-14-8-6-7-9-17(14)15-10-16(13-25-12-15)33(28,29)19-11-18(32-21(19)31-5)20(24)26-22(27)30-23(2,3)4/h6-13H,1-5H3,(H2,24,26,27). The molecule has 1 amide bonds. The molecule has 0 radical (unpaired) electrons. The summed E-state index contributed by atoms with van der Waals surface area (Å²) in [5.41, 5.74) is 7.91. The van der Waals surface area contributed by atoms with E-state index in [1.165, 1.54) is 24.0 Å². The topological polar surface area (TPSA) is 112 Å². The molecule has 33 heavy (non-hydrogen) atoms. The highest BCUT2D eigenvalue weighted by molar-refractivity contribution is 8.01. The van der Waals surface area contributed by atoms with Gasteiger partial charge in [-0.1, -0.05) is 24.3 Å². The van der Waals surface area contributed by atoms with Crippen LogP contribution in [0.15, 0.2) is 67.8 Å². The van der Waals surface area contributed by atoms with Crippen molar-refractivity contribution in [1.29, 1.82) is 0 Å². The van der Waals surface area contributed by atoms with Crippen molar-refractivity contribution < 1.29 is 17.9 Å². The highest BCUT2D eigenvalue weighted by Crippen LogP contribution is 2.37. The fourth-order valence-electron chi connectivity index (χ4n) is 2.99. The molecule has 2 aromatic heterocycles. The number of rotatable bonds is 5. The lowest BCUT2D eigenvalue weighted by atomic mass is 10.0. The minimum atomic E-state index is -3.89. The Kier molecular flexibility index (Phi) is 7.30. The van der Waals surface area contributed by atoms with Gasteiger partial charge in [-0.3, -0.25) is 4.98 Å². The monoisotopic (exact) mass is 503 g/mol. The highest BCUT2D eigenvalue weighted by atomic mass is 32.2. The first kappa shape index (κ1) is 24.9. The number of amides is 1. The Hall–Kier alpha value is -2.69. The number of benzene rings is 1. The Morgan fingerprint density at radius 1 is 1.18 bits per heavy atom. The number of aliphatic imine (C=N–C) groups is 1. The van der Waals surface area contributed by atoms with Gasteiger partial charge >= 0.3 is 6.09 Å². The zero-order chi connectivity index (χ0) is 24.4. The minimum absolute atomic E-state index is 0.0746. The van der Waals surface area contributed by atoms with Crippen molar-refractivity contribution in [3.63, 3.8) is 0 Å². The zero-order valence-electron chi connectivity index (χ0n) is 18.9. The van der Waals surface area contributed by atoms with E-state index in [1.54, 1.807) is 39.3 Å². The lowest BCUT2D eigenvalue weighted by molar-refractivity contribution is 0.0604. The number of nitrogens with zero attached hydrogens (tertiary/aromatic N) is 2. The average molecular weight is 504 g/mol. The second-order valence-electron chi connectivity index (χ2n) is 8.17. The fourth-order valence-corrected chi connectivity index (χ4v) is 6.87. The lowest BCUT2D eigenvalue weighted by Gasteiger charge is -2.17. The smallest absolute Gasteiger partial charge is 0.436 e. The third-order valence-electron chi connectivity index (χ3n) is 4.48. The van der Waals surface area contributed by atoms with Crippen LogP contribution in [0.4, 0.5) is 4.79 Å². The van der Waals surface area contributed by atoms with Crippen molar-refractivity contribution in [2.45, 2.75) is 47.3 Å². The molecule has 0 saturated heterocycles. The quantitative estimate of drug-likeness (QED) is 0.285. The number of ether oxygens (including phenoxy) is 1. The van der Waals surface area contributed by atoms with Gasteiger partial charge in [-0.2, -0.15) is 4.99 Å². The Labute approximate surface area is 202 Å². The number of hydrogen-bond acceptors (Lipinski definition) is 7. The van der Waals surface area contributed by atoms with Gasteiger partial charge < -0.3 is 10.5 Å². The maximum Gasteiger partial charge on any atom is 0.436 e. The summed E-state index contributed by atoms with van der Waals surface area (Å²) in [7, 11) is -3.89. The van der Waals surface area contributed by atoms with Gasteiger partial charge in [0.2, 0.25) is 9.84 Å². The number of aromatic nitrogens is 1. The summed E-state index contributed by atoms with van der Waals surface area (Å²) in [6.07, 6.45) is 3.91. The second kappa shape index (κ2) is 9.66. The summed E-state index contributed by atoms with van der Waals surface area (Å²) in [6.45, 7) is 7.12. The second-order valence-corrected chi connectivity index (χ2v) is 12.2. The molecule has 0 atom stereocenters. The minimum Gasteiger partial charge on any atom is -0.442 e. The van der Waals surface area contributed by atoms with E-state index in [2.05, 4.69) is 9.98 Å². The van der Waals surface area contributed by atoms with Crippen LogP contribution in [0.2, 0.25) is 0 Å². The van der Waals surface area contributed by atoms with Gasteiger partial charge in [0.15, 0.2) is 0 Å². The predicted octanol–water partition coefficient (Wildman–Crippen LogP) is 5.31. The number of aryl methyl sites for hydroxylation is 1. The number of carbonyl (C=O) groups is 1. The van der Waals surface area contributed by atoms with Crippen molar-refractivity contribution in [1.82, 2.24) is 4.98 Å². The zero-order valence-corrected chi connectivity index (χ0v) is 21.4. The molecule has 3 rings (SSSR count). The molecule has 0 unspecified atom stereocenters.